The van der Waals surface area contributed by atoms with Crippen LogP contribution in [0.3, 0.4) is 0 Å². The number of benzene rings is 1. The van der Waals surface area contributed by atoms with Gasteiger partial charge in [0.15, 0.2) is 5.65 Å². The van der Waals surface area contributed by atoms with Crippen LogP contribution in [0.5, 0.6) is 0 Å². The highest BCUT2D eigenvalue weighted by Crippen LogP contribution is 2.61. The van der Waals surface area contributed by atoms with E-state index in [2.05, 4.69) is 60.6 Å². The normalized spacial score (nSPS) is 24.5. The minimum Gasteiger partial charge on any atom is -0.369 e. The molecule has 0 aliphatic heterocycles. The van der Waals surface area contributed by atoms with Gasteiger partial charge in [0, 0.05) is 13.6 Å². The van der Waals surface area contributed by atoms with Crippen molar-refractivity contribution in [2.24, 2.45) is 18.9 Å². The molecule has 2 aliphatic rings. The lowest BCUT2D eigenvalue weighted by molar-refractivity contribution is 0.718. The van der Waals surface area contributed by atoms with E-state index in [-0.39, 0.29) is 0 Å². The summed E-state index contributed by atoms with van der Waals surface area (Å²) in [6, 6.07) is 8.87. The third-order valence-electron chi connectivity index (χ3n) is 5.28. The summed E-state index contributed by atoms with van der Waals surface area (Å²) in [7, 11) is 1.89. The molecule has 2 aliphatic carbocycles. The van der Waals surface area contributed by atoms with Crippen molar-refractivity contribution in [2.75, 3.05) is 11.9 Å². The minimum atomic E-state index is 0.713. The molecular formula is C17H16BrN5. The largest absolute Gasteiger partial charge is 0.369 e. The summed E-state index contributed by atoms with van der Waals surface area (Å²) in [5.41, 5.74) is 3.94. The van der Waals surface area contributed by atoms with E-state index in [1.54, 1.807) is 16.6 Å². The smallest absolute Gasteiger partial charge is 0.164 e. The Balaban J connectivity index is 1.38. The number of aromatic nitrogens is 4. The topological polar surface area (TPSA) is 55.6 Å². The lowest BCUT2D eigenvalue weighted by atomic mass is 10.0. The lowest BCUT2D eigenvalue weighted by Gasteiger charge is -2.10. The van der Waals surface area contributed by atoms with Crippen LogP contribution < -0.4 is 5.32 Å². The first-order valence-electron chi connectivity index (χ1n) is 7.89. The van der Waals surface area contributed by atoms with Crippen LogP contribution in [-0.2, 0) is 13.5 Å². The standard InChI is InChI=1S/C17H16BrN5/c1-23-17-14(15(18)22-23)16(20-8-21-17)19-7-12-11-6-9-4-2-3-5-10(9)13(11)12/h2-5,8,11-13H,6-7H2,1H3,(H,19,20,21). The summed E-state index contributed by atoms with van der Waals surface area (Å²) in [5.74, 6) is 3.11. The molecule has 23 heavy (non-hydrogen) atoms. The van der Waals surface area contributed by atoms with Crippen molar-refractivity contribution in [2.45, 2.75) is 12.3 Å². The summed E-state index contributed by atoms with van der Waals surface area (Å²) in [6.45, 7) is 0.955. The van der Waals surface area contributed by atoms with Gasteiger partial charge in [-0.3, -0.25) is 0 Å². The van der Waals surface area contributed by atoms with Crippen LogP contribution in [0, 0.1) is 11.8 Å². The number of halogens is 1. The van der Waals surface area contributed by atoms with Crippen LogP contribution in [0.15, 0.2) is 35.2 Å². The highest BCUT2D eigenvalue weighted by molar-refractivity contribution is 9.10. The van der Waals surface area contributed by atoms with Gasteiger partial charge < -0.3 is 5.32 Å². The predicted molar refractivity (Wildman–Crippen MR) is 92.4 cm³/mol. The van der Waals surface area contributed by atoms with Gasteiger partial charge in [-0.1, -0.05) is 24.3 Å². The van der Waals surface area contributed by atoms with E-state index >= 15 is 0 Å². The maximum absolute atomic E-state index is 4.41. The molecule has 6 heteroatoms. The molecule has 0 bridgehead atoms. The van der Waals surface area contributed by atoms with Crippen molar-refractivity contribution >= 4 is 32.8 Å². The van der Waals surface area contributed by atoms with E-state index in [1.165, 1.54) is 12.0 Å². The molecule has 1 N–H and O–H groups in total. The fourth-order valence-corrected chi connectivity index (χ4v) is 4.75. The monoisotopic (exact) mass is 369 g/mol. The first-order valence-corrected chi connectivity index (χ1v) is 8.68. The molecule has 5 rings (SSSR count). The average molecular weight is 370 g/mol. The summed E-state index contributed by atoms with van der Waals surface area (Å²) >= 11 is 3.51. The highest BCUT2D eigenvalue weighted by atomic mass is 79.9. The van der Waals surface area contributed by atoms with Gasteiger partial charge in [0.2, 0.25) is 0 Å². The van der Waals surface area contributed by atoms with Crippen LogP contribution in [0.25, 0.3) is 11.0 Å². The molecule has 1 fully saturated rings. The van der Waals surface area contributed by atoms with Crippen molar-refractivity contribution in [3.8, 4) is 0 Å². The Kier molecular flexibility index (Phi) is 2.80. The molecule has 0 radical (unpaired) electrons. The zero-order chi connectivity index (χ0) is 15.6. The van der Waals surface area contributed by atoms with Crippen LogP contribution >= 0.6 is 15.9 Å². The Morgan fingerprint density at radius 2 is 2.17 bits per heavy atom. The molecule has 5 nitrogen and oxygen atoms in total. The number of fused-ring (bicyclic) bond motifs is 4. The molecular weight excluding hydrogens is 354 g/mol. The summed E-state index contributed by atoms with van der Waals surface area (Å²) < 4.78 is 2.56. The fraction of sp³-hybridized carbons (Fsp3) is 0.353. The molecule has 1 saturated carbocycles. The number of aryl methyl sites for hydroxylation is 1. The molecule has 3 aromatic rings. The maximum atomic E-state index is 4.41. The van der Waals surface area contributed by atoms with E-state index in [4.69, 9.17) is 0 Å². The van der Waals surface area contributed by atoms with E-state index in [0.717, 1.165) is 39.8 Å². The van der Waals surface area contributed by atoms with Gasteiger partial charge in [-0.2, -0.15) is 5.10 Å². The van der Waals surface area contributed by atoms with Gasteiger partial charge in [0.1, 0.15) is 16.7 Å². The Labute approximate surface area is 142 Å². The summed E-state index contributed by atoms with van der Waals surface area (Å²) in [5, 5.41) is 8.86. The van der Waals surface area contributed by atoms with Crippen molar-refractivity contribution < 1.29 is 0 Å². The van der Waals surface area contributed by atoms with Crippen LogP contribution in [0.2, 0.25) is 0 Å². The fourth-order valence-electron chi connectivity index (χ4n) is 4.15. The molecule has 0 saturated heterocycles. The second kappa shape index (κ2) is 4.77. The van der Waals surface area contributed by atoms with E-state index in [1.807, 2.05) is 7.05 Å². The molecule has 1 aromatic carbocycles. The van der Waals surface area contributed by atoms with Crippen molar-refractivity contribution in [1.29, 1.82) is 0 Å². The zero-order valence-electron chi connectivity index (χ0n) is 12.7. The molecule has 3 unspecified atom stereocenters. The molecule has 0 amide bonds. The highest BCUT2D eigenvalue weighted by Gasteiger charge is 2.54. The van der Waals surface area contributed by atoms with Crippen LogP contribution in [-0.4, -0.2) is 26.3 Å². The van der Waals surface area contributed by atoms with Gasteiger partial charge in [-0.05, 0) is 51.2 Å². The third-order valence-corrected chi connectivity index (χ3v) is 5.84. The van der Waals surface area contributed by atoms with Crippen molar-refractivity contribution in [3.63, 3.8) is 0 Å². The molecule has 0 spiro atoms. The molecule has 116 valence electrons. The number of rotatable bonds is 3. The number of hydrogen-bond acceptors (Lipinski definition) is 4. The van der Waals surface area contributed by atoms with E-state index in [9.17, 15) is 0 Å². The van der Waals surface area contributed by atoms with Crippen molar-refractivity contribution in [1.82, 2.24) is 19.7 Å². The predicted octanol–water partition coefficient (Wildman–Crippen LogP) is 3.12. The quantitative estimate of drug-likeness (QED) is 0.770. The third kappa shape index (κ3) is 1.94. The Hall–Kier alpha value is -1.95. The number of anilines is 1. The SMILES string of the molecule is Cn1nc(Br)c2c(NCC3C4Cc5ccccc5C34)ncnc21. The zero-order valence-corrected chi connectivity index (χ0v) is 14.3. The molecule has 3 atom stereocenters. The summed E-state index contributed by atoms with van der Waals surface area (Å²) in [4.78, 5) is 8.72. The van der Waals surface area contributed by atoms with Gasteiger partial charge in [0.05, 0.1) is 5.39 Å². The van der Waals surface area contributed by atoms with Gasteiger partial charge >= 0.3 is 0 Å². The van der Waals surface area contributed by atoms with Crippen LogP contribution in [0.1, 0.15) is 17.0 Å². The van der Waals surface area contributed by atoms with Gasteiger partial charge in [-0.25, -0.2) is 14.6 Å². The Morgan fingerprint density at radius 3 is 3.09 bits per heavy atom. The average Bonchev–Trinajstić information content (AvgIpc) is 2.95. The van der Waals surface area contributed by atoms with E-state index in [0.29, 0.717) is 5.92 Å². The number of nitrogens with zero attached hydrogens (tertiary/aromatic N) is 4. The van der Waals surface area contributed by atoms with Crippen molar-refractivity contribution in [3.05, 3.63) is 46.3 Å². The number of nitrogens with one attached hydrogen (secondary N) is 1. The lowest BCUT2D eigenvalue weighted by Crippen LogP contribution is -2.09. The molecule has 2 aromatic heterocycles. The molecule has 2 heterocycles. The second-order valence-electron chi connectivity index (χ2n) is 6.47. The van der Waals surface area contributed by atoms with Gasteiger partial charge in [-0.15, -0.1) is 0 Å². The summed E-state index contributed by atoms with van der Waals surface area (Å²) in [6.07, 6.45) is 2.82. The Morgan fingerprint density at radius 1 is 1.30 bits per heavy atom. The Bertz CT molecular complexity index is 918. The van der Waals surface area contributed by atoms with Crippen LogP contribution in [0.4, 0.5) is 5.82 Å². The van der Waals surface area contributed by atoms with Gasteiger partial charge in [0.25, 0.3) is 0 Å². The first kappa shape index (κ1) is 13.5. The first-order chi connectivity index (χ1) is 11.2. The van der Waals surface area contributed by atoms with E-state index < -0.39 is 0 Å². The number of hydrogen-bond donors (Lipinski definition) is 1. The maximum Gasteiger partial charge on any atom is 0.164 e. The minimum absolute atomic E-state index is 0.713. The second-order valence-corrected chi connectivity index (χ2v) is 7.22.